The Balaban J connectivity index is 2.47. The molecule has 0 aliphatic carbocycles. The van der Waals surface area contributed by atoms with Crippen LogP contribution in [-0.4, -0.2) is 16.1 Å². The van der Waals surface area contributed by atoms with Gasteiger partial charge in [0.05, 0.1) is 6.20 Å². The van der Waals surface area contributed by atoms with Gasteiger partial charge in [0.1, 0.15) is 11.6 Å². The molecule has 1 rings (SSSR count). The molecule has 0 aliphatic rings. The van der Waals surface area contributed by atoms with E-state index in [4.69, 9.17) is 5.11 Å². The third-order valence-electron chi connectivity index (χ3n) is 2.50. The van der Waals surface area contributed by atoms with Gasteiger partial charge in [-0.15, -0.1) is 0 Å². The molecular weight excluding hydrogens is 188 g/mol. The van der Waals surface area contributed by atoms with Gasteiger partial charge in [0.2, 0.25) is 0 Å². The van der Waals surface area contributed by atoms with E-state index in [0.29, 0.717) is 6.04 Å². The maximum atomic E-state index is 9.10. The van der Waals surface area contributed by atoms with E-state index < -0.39 is 0 Å². The van der Waals surface area contributed by atoms with Gasteiger partial charge in [0.25, 0.3) is 0 Å². The van der Waals surface area contributed by atoms with Crippen molar-refractivity contribution in [1.29, 1.82) is 0 Å². The molecular formula is C12H20N2O. The van der Waals surface area contributed by atoms with Crippen molar-refractivity contribution in [3.8, 4) is 5.75 Å². The van der Waals surface area contributed by atoms with Crippen LogP contribution in [0.4, 0.5) is 5.82 Å². The summed E-state index contributed by atoms with van der Waals surface area (Å²) in [5.74, 6) is 1.05. The molecule has 0 fully saturated rings. The van der Waals surface area contributed by atoms with Gasteiger partial charge in [-0.1, -0.05) is 26.7 Å². The minimum absolute atomic E-state index is 0.210. The molecule has 2 N–H and O–H groups in total. The third kappa shape index (κ3) is 4.19. The second-order valence-electron chi connectivity index (χ2n) is 3.79. The SMILES string of the molecule is CCCCC(CC)Nc1ccc(O)cn1. The minimum Gasteiger partial charge on any atom is -0.506 e. The van der Waals surface area contributed by atoms with Crippen LogP contribution in [0, 0.1) is 0 Å². The first kappa shape index (κ1) is 11.8. The van der Waals surface area contributed by atoms with Gasteiger partial charge >= 0.3 is 0 Å². The minimum atomic E-state index is 0.210. The quantitative estimate of drug-likeness (QED) is 0.754. The number of hydrogen-bond acceptors (Lipinski definition) is 3. The van der Waals surface area contributed by atoms with E-state index in [2.05, 4.69) is 24.1 Å². The fraction of sp³-hybridized carbons (Fsp3) is 0.583. The summed E-state index contributed by atoms with van der Waals surface area (Å²) in [6, 6.07) is 3.95. The van der Waals surface area contributed by atoms with E-state index in [1.54, 1.807) is 6.07 Å². The van der Waals surface area contributed by atoms with Crippen molar-refractivity contribution in [2.24, 2.45) is 0 Å². The Morgan fingerprint density at radius 2 is 2.20 bits per heavy atom. The molecule has 3 nitrogen and oxygen atoms in total. The van der Waals surface area contributed by atoms with Gasteiger partial charge in [-0.25, -0.2) is 4.98 Å². The highest BCUT2D eigenvalue weighted by Crippen LogP contribution is 2.14. The normalized spacial score (nSPS) is 12.4. The summed E-state index contributed by atoms with van der Waals surface area (Å²) in [5.41, 5.74) is 0. The average molecular weight is 208 g/mol. The van der Waals surface area contributed by atoms with Crippen LogP contribution in [-0.2, 0) is 0 Å². The van der Waals surface area contributed by atoms with Crippen LogP contribution in [0.2, 0.25) is 0 Å². The molecule has 1 atom stereocenters. The molecule has 0 radical (unpaired) electrons. The van der Waals surface area contributed by atoms with E-state index in [-0.39, 0.29) is 5.75 Å². The molecule has 1 heterocycles. The number of pyridine rings is 1. The summed E-state index contributed by atoms with van der Waals surface area (Å²) >= 11 is 0. The molecule has 0 saturated carbocycles. The average Bonchev–Trinajstić information content (AvgIpc) is 2.27. The zero-order valence-corrected chi connectivity index (χ0v) is 9.53. The van der Waals surface area contributed by atoms with E-state index in [1.807, 2.05) is 6.07 Å². The maximum Gasteiger partial charge on any atom is 0.134 e. The first-order valence-electron chi connectivity index (χ1n) is 5.67. The summed E-state index contributed by atoms with van der Waals surface area (Å²) in [6.45, 7) is 4.37. The Bertz CT molecular complexity index is 271. The zero-order chi connectivity index (χ0) is 11.1. The van der Waals surface area contributed by atoms with Crippen molar-refractivity contribution >= 4 is 5.82 Å². The fourth-order valence-corrected chi connectivity index (χ4v) is 1.51. The highest BCUT2D eigenvalue weighted by molar-refractivity contribution is 5.37. The largest absolute Gasteiger partial charge is 0.506 e. The molecule has 0 amide bonds. The topological polar surface area (TPSA) is 45.1 Å². The number of aromatic nitrogens is 1. The summed E-state index contributed by atoms with van der Waals surface area (Å²) in [6.07, 6.45) is 6.21. The van der Waals surface area contributed by atoms with Crippen molar-refractivity contribution in [3.05, 3.63) is 18.3 Å². The third-order valence-corrected chi connectivity index (χ3v) is 2.50. The number of aromatic hydroxyl groups is 1. The van der Waals surface area contributed by atoms with Gasteiger partial charge in [-0.3, -0.25) is 0 Å². The van der Waals surface area contributed by atoms with Gasteiger partial charge in [-0.2, -0.15) is 0 Å². The second kappa shape index (κ2) is 6.27. The molecule has 0 aliphatic heterocycles. The van der Waals surface area contributed by atoms with Crippen molar-refractivity contribution in [2.75, 3.05) is 5.32 Å². The molecule has 84 valence electrons. The summed E-state index contributed by atoms with van der Waals surface area (Å²) < 4.78 is 0. The molecule has 1 aromatic rings. The summed E-state index contributed by atoms with van der Waals surface area (Å²) in [7, 11) is 0. The Labute approximate surface area is 91.5 Å². The Morgan fingerprint density at radius 3 is 2.73 bits per heavy atom. The molecule has 3 heteroatoms. The van der Waals surface area contributed by atoms with E-state index in [1.165, 1.54) is 25.5 Å². The lowest BCUT2D eigenvalue weighted by Crippen LogP contribution is -2.18. The Hall–Kier alpha value is -1.25. The molecule has 0 spiro atoms. The highest BCUT2D eigenvalue weighted by Gasteiger charge is 2.05. The zero-order valence-electron chi connectivity index (χ0n) is 9.53. The van der Waals surface area contributed by atoms with E-state index in [0.717, 1.165) is 12.2 Å². The van der Waals surface area contributed by atoms with Gasteiger partial charge in [0.15, 0.2) is 0 Å². The monoisotopic (exact) mass is 208 g/mol. The van der Waals surface area contributed by atoms with Crippen molar-refractivity contribution < 1.29 is 5.11 Å². The Morgan fingerprint density at radius 1 is 1.40 bits per heavy atom. The smallest absolute Gasteiger partial charge is 0.134 e. The van der Waals surface area contributed by atoms with Crippen LogP contribution in [0.3, 0.4) is 0 Å². The predicted octanol–water partition coefficient (Wildman–Crippen LogP) is 3.17. The number of hydrogen-bond donors (Lipinski definition) is 2. The summed E-state index contributed by atoms with van der Waals surface area (Å²) in [4.78, 5) is 4.11. The van der Waals surface area contributed by atoms with Gasteiger partial charge in [0, 0.05) is 6.04 Å². The predicted molar refractivity (Wildman–Crippen MR) is 63.1 cm³/mol. The number of anilines is 1. The van der Waals surface area contributed by atoms with Gasteiger partial charge in [-0.05, 0) is 25.0 Å². The number of rotatable bonds is 6. The standard InChI is InChI=1S/C12H20N2O/c1-3-5-6-10(4-2)14-12-8-7-11(15)9-13-12/h7-10,15H,3-6H2,1-2H3,(H,13,14). The lowest BCUT2D eigenvalue weighted by Gasteiger charge is -2.16. The van der Waals surface area contributed by atoms with Crippen LogP contribution in [0.25, 0.3) is 0 Å². The molecule has 0 bridgehead atoms. The van der Waals surface area contributed by atoms with Crippen LogP contribution in [0.5, 0.6) is 5.75 Å². The lowest BCUT2D eigenvalue weighted by molar-refractivity contribution is 0.472. The number of nitrogens with one attached hydrogen (secondary N) is 1. The molecule has 0 saturated heterocycles. The number of nitrogens with zero attached hydrogens (tertiary/aromatic N) is 1. The van der Waals surface area contributed by atoms with Crippen LogP contribution < -0.4 is 5.32 Å². The highest BCUT2D eigenvalue weighted by atomic mass is 16.3. The van der Waals surface area contributed by atoms with Crippen molar-refractivity contribution in [2.45, 2.75) is 45.6 Å². The second-order valence-corrected chi connectivity index (χ2v) is 3.79. The van der Waals surface area contributed by atoms with Crippen molar-refractivity contribution in [1.82, 2.24) is 4.98 Å². The van der Waals surface area contributed by atoms with E-state index in [9.17, 15) is 0 Å². The Kier molecular flexibility index (Phi) is 4.95. The first-order valence-corrected chi connectivity index (χ1v) is 5.67. The first-order chi connectivity index (χ1) is 7.26. The lowest BCUT2D eigenvalue weighted by atomic mass is 10.1. The molecule has 0 aromatic carbocycles. The molecule has 1 unspecified atom stereocenters. The summed E-state index contributed by atoms with van der Waals surface area (Å²) in [5, 5.41) is 12.5. The maximum absolute atomic E-state index is 9.10. The van der Waals surface area contributed by atoms with E-state index >= 15 is 0 Å². The van der Waals surface area contributed by atoms with Crippen molar-refractivity contribution in [3.63, 3.8) is 0 Å². The van der Waals surface area contributed by atoms with Crippen LogP contribution in [0.1, 0.15) is 39.5 Å². The number of unbranched alkanes of at least 4 members (excludes halogenated alkanes) is 1. The van der Waals surface area contributed by atoms with Gasteiger partial charge < -0.3 is 10.4 Å². The molecule has 1 aromatic heterocycles. The molecule has 15 heavy (non-hydrogen) atoms. The fourth-order valence-electron chi connectivity index (χ4n) is 1.51. The van der Waals surface area contributed by atoms with Crippen LogP contribution >= 0.6 is 0 Å². The van der Waals surface area contributed by atoms with Crippen LogP contribution in [0.15, 0.2) is 18.3 Å².